The molecule has 1 atom stereocenters. The summed E-state index contributed by atoms with van der Waals surface area (Å²) in [6.07, 6.45) is 1.33. The van der Waals surface area contributed by atoms with Crippen molar-refractivity contribution in [3.8, 4) is 5.75 Å². The van der Waals surface area contributed by atoms with Crippen LogP contribution in [0.2, 0.25) is 0 Å². The second kappa shape index (κ2) is 8.92. The van der Waals surface area contributed by atoms with Gasteiger partial charge in [-0.1, -0.05) is 70.5 Å². The predicted octanol–water partition coefficient (Wildman–Crippen LogP) is 6.60. The molecule has 0 saturated heterocycles. The first-order valence-corrected chi connectivity index (χ1v) is 10.8. The molecule has 0 bridgehead atoms. The molecule has 1 heterocycles. The first kappa shape index (κ1) is 20.5. The van der Waals surface area contributed by atoms with E-state index >= 15 is 0 Å². The number of carbonyl (C=O) groups excluding carboxylic acids is 1. The van der Waals surface area contributed by atoms with Gasteiger partial charge < -0.3 is 9.47 Å². The quantitative estimate of drug-likeness (QED) is 0.435. The third-order valence-corrected chi connectivity index (χ3v) is 6.37. The molecule has 1 unspecified atom stereocenters. The first-order chi connectivity index (χ1) is 14.6. The van der Waals surface area contributed by atoms with E-state index in [1.165, 1.54) is 0 Å². The number of nitrogens with zero attached hydrogens (tertiary/aromatic N) is 1. The average molecular weight is 466 g/mol. The second-order valence-corrected chi connectivity index (χ2v) is 8.29. The van der Waals surface area contributed by atoms with Crippen LogP contribution in [0.4, 0.5) is 10.5 Å². The van der Waals surface area contributed by atoms with Gasteiger partial charge in [0.05, 0.1) is 18.8 Å². The minimum Gasteiger partial charge on any atom is -0.496 e. The maximum Gasteiger partial charge on any atom is 0.415 e. The van der Waals surface area contributed by atoms with E-state index in [1.807, 2.05) is 60.7 Å². The Labute approximate surface area is 185 Å². The number of anilines is 1. The van der Waals surface area contributed by atoms with Gasteiger partial charge in [0.1, 0.15) is 12.4 Å². The lowest BCUT2D eigenvalue weighted by atomic mass is 9.90. The highest BCUT2D eigenvalue weighted by molar-refractivity contribution is 9.10. The van der Waals surface area contributed by atoms with Crippen LogP contribution in [0.1, 0.15) is 34.7 Å². The fraction of sp³-hybridized carbons (Fsp3) is 0.240. The number of hydrogen-bond acceptors (Lipinski definition) is 3. The van der Waals surface area contributed by atoms with E-state index in [-0.39, 0.29) is 18.7 Å². The van der Waals surface area contributed by atoms with Gasteiger partial charge in [-0.25, -0.2) is 4.79 Å². The minimum atomic E-state index is -0.355. The summed E-state index contributed by atoms with van der Waals surface area (Å²) in [5, 5.41) is 0. The van der Waals surface area contributed by atoms with Crippen LogP contribution in [-0.4, -0.2) is 13.2 Å². The molecule has 1 amide bonds. The zero-order valence-electron chi connectivity index (χ0n) is 17.1. The van der Waals surface area contributed by atoms with Gasteiger partial charge in [-0.15, -0.1) is 0 Å². The fourth-order valence-corrected chi connectivity index (χ4v) is 4.33. The zero-order valence-corrected chi connectivity index (χ0v) is 18.7. The highest BCUT2D eigenvalue weighted by atomic mass is 79.9. The average Bonchev–Trinajstić information content (AvgIpc) is 2.78. The van der Waals surface area contributed by atoms with Gasteiger partial charge in [-0.3, -0.25) is 4.90 Å². The Hall–Kier alpha value is -2.79. The summed E-state index contributed by atoms with van der Waals surface area (Å²) in [7, 11) is 1.66. The van der Waals surface area contributed by atoms with Gasteiger partial charge in [0.15, 0.2) is 0 Å². The predicted molar refractivity (Wildman–Crippen MR) is 122 cm³/mol. The second-order valence-electron chi connectivity index (χ2n) is 7.44. The van der Waals surface area contributed by atoms with E-state index in [4.69, 9.17) is 9.47 Å². The molecule has 154 valence electrons. The molecule has 0 spiro atoms. The van der Waals surface area contributed by atoms with Gasteiger partial charge in [-0.05, 0) is 48.6 Å². The number of fused-ring (bicyclic) bond motifs is 1. The number of rotatable bonds is 4. The van der Waals surface area contributed by atoms with Crippen molar-refractivity contribution in [3.05, 3.63) is 93.5 Å². The van der Waals surface area contributed by atoms with Gasteiger partial charge in [0.2, 0.25) is 0 Å². The van der Waals surface area contributed by atoms with Crippen LogP contribution in [0.15, 0.2) is 71.2 Å². The first-order valence-electron chi connectivity index (χ1n) is 10.0. The summed E-state index contributed by atoms with van der Waals surface area (Å²) in [4.78, 5) is 15.1. The highest BCUT2D eigenvalue weighted by Crippen LogP contribution is 2.43. The summed E-state index contributed by atoms with van der Waals surface area (Å²) in [6.45, 7) is 2.30. The Balaban J connectivity index is 1.72. The number of para-hydroxylation sites is 1. The Morgan fingerprint density at radius 2 is 1.83 bits per heavy atom. The highest BCUT2D eigenvalue weighted by Gasteiger charge is 2.35. The fourth-order valence-electron chi connectivity index (χ4n) is 4.00. The van der Waals surface area contributed by atoms with Crippen LogP contribution in [0.3, 0.4) is 0 Å². The summed E-state index contributed by atoms with van der Waals surface area (Å²) >= 11 is 3.63. The number of carbonyl (C=O) groups is 1. The molecule has 0 saturated carbocycles. The standard InChI is InChI=1S/C25H24BrNO3/c1-17-14-19-12-13-22(20-10-6-7-11-24(20)29-2)27(23(19)15-21(17)26)25(28)30-16-18-8-4-3-5-9-18/h3-11,14-15,22H,12-13,16H2,1-2H3. The lowest BCUT2D eigenvalue weighted by molar-refractivity contribution is 0.143. The number of ether oxygens (including phenoxy) is 2. The van der Waals surface area contributed by atoms with Gasteiger partial charge in [0.25, 0.3) is 0 Å². The molecule has 5 heteroatoms. The molecule has 4 nitrogen and oxygen atoms in total. The Morgan fingerprint density at radius 3 is 2.60 bits per heavy atom. The van der Waals surface area contributed by atoms with Crippen LogP contribution in [0.5, 0.6) is 5.75 Å². The van der Waals surface area contributed by atoms with Crippen molar-refractivity contribution in [3.63, 3.8) is 0 Å². The maximum absolute atomic E-state index is 13.4. The van der Waals surface area contributed by atoms with Crippen LogP contribution in [0.25, 0.3) is 0 Å². The Bertz CT molecular complexity index is 1050. The van der Waals surface area contributed by atoms with Crippen molar-refractivity contribution in [1.29, 1.82) is 0 Å². The molecule has 4 rings (SSSR count). The monoisotopic (exact) mass is 465 g/mol. The Morgan fingerprint density at radius 1 is 1.10 bits per heavy atom. The SMILES string of the molecule is COc1ccccc1C1CCc2cc(C)c(Br)cc2N1C(=O)OCc1ccccc1. The number of halogens is 1. The van der Waals surface area contributed by atoms with E-state index in [2.05, 4.69) is 28.9 Å². The van der Waals surface area contributed by atoms with Crippen LogP contribution < -0.4 is 9.64 Å². The molecule has 0 fully saturated rings. The molecule has 30 heavy (non-hydrogen) atoms. The number of amides is 1. The van der Waals surface area contributed by atoms with Crippen LogP contribution >= 0.6 is 15.9 Å². The van der Waals surface area contributed by atoms with E-state index in [0.29, 0.717) is 0 Å². The molecule has 0 aromatic heterocycles. The molecule has 0 radical (unpaired) electrons. The molecule has 0 N–H and O–H groups in total. The lowest BCUT2D eigenvalue weighted by Crippen LogP contribution is -2.39. The van der Waals surface area contributed by atoms with Crippen molar-refractivity contribution >= 4 is 27.7 Å². The van der Waals surface area contributed by atoms with Gasteiger partial charge in [-0.2, -0.15) is 0 Å². The Kier molecular flexibility index (Phi) is 6.09. The molecule has 3 aromatic rings. The minimum absolute atomic E-state index is 0.161. The molecule has 3 aromatic carbocycles. The summed E-state index contributed by atoms with van der Waals surface area (Å²) < 4.78 is 12.3. The van der Waals surface area contributed by atoms with Gasteiger partial charge >= 0.3 is 6.09 Å². The van der Waals surface area contributed by atoms with E-state index in [1.54, 1.807) is 12.0 Å². The molecular formula is C25H24BrNO3. The largest absolute Gasteiger partial charge is 0.496 e. The molecular weight excluding hydrogens is 442 g/mol. The topological polar surface area (TPSA) is 38.8 Å². The molecule has 0 aliphatic carbocycles. The van der Waals surface area contributed by atoms with Crippen molar-refractivity contribution in [1.82, 2.24) is 0 Å². The van der Waals surface area contributed by atoms with Crippen molar-refractivity contribution in [2.75, 3.05) is 12.0 Å². The van der Waals surface area contributed by atoms with E-state index < -0.39 is 0 Å². The van der Waals surface area contributed by atoms with E-state index in [9.17, 15) is 4.79 Å². The summed E-state index contributed by atoms with van der Waals surface area (Å²) in [6, 6.07) is 21.6. The summed E-state index contributed by atoms with van der Waals surface area (Å²) in [5.41, 5.74) is 5.13. The summed E-state index contributed by atoms with van der Waals surface area (Å²) in [5.74, 6) is 0.776. The smallest absolute Gasteiger partial charge is 0.415 e. The molecule has 1 aliphatic heterocycles. The van der Waals surface area contributed by atoms with Crippen molar-refractivity contribution < 1.29 is 14.3 Å². The van der Waals surface area contributed by atoms with Crippen LogP contribution in [-0.2, 0) is 17.8 Å². The van der Waals surface area contributed by atoms with Crippen molar-refractivity contribution in [2.45, 2.75) is 32.4 Å². The number of methoxy groups -OCH3 is 1. The normalized spacial score (nSPS) is 15.4. The third-order valence-electron chi connectivity index (χ3n) is 5.52. The van der Waals surface area contributed by atoms with E-state index in [0.717, 1.165) is 51.0 Å². The zero-order chi connectivity index (χ0) is 21.1. The number of aryl methyl sites for hydroxylation is 2. The van der Waals surface area contributed by atoms with Crippen molar-refractivity contribution in [2.24, 2.45) is 0 Å². The lowest BCUT2D eigenvalue weighted by Gasteiger charge is -2.37. The number of benzene rings is 3. The number of hydrogen-bond donors (Lipinski definition) is 0. The third kappa shape index (κ3) is 4.08. The maximum atomic E-state index is 13.4. The van der Waals surface area contributed by atoms with Gasteiger partial charge in [0, 0.05) is 10.0 Å². The molecule has 1 aliphatic rings. The van der Waals surface area contributed by atoms with Crippen LogP contribution in [0, 0.1) is 6.92 Å².